The first-order valence-electron chi connectivity index (χ1n) is 54.4. The molecule has 143 heavy (non-hydrogen) atoms. The number of primary amides is 1. The van der Waals surface area contributed by atoms with Gasteiger partial charge in [-0.15, -0.1) is 11.3 Å². The van der Waals surface area contributed by atoms with Crippen LogP contribution >= 0.6 is 11.3 Å². The number of piperazine rings is 9. The Morgan fingerprint density at radius 3 is 1.10 bits per heavy atom. The molecule has 9 saturated heterocycles. The minimum absolute atomic E-state index is 0.123. The predicted octanol–water partition coefficient (Wildman–Crippen LogP) is 14.3. The molecule has 28 nitrogen and oxygen atoms in total. The zero-order valence-electron chi connectivity index (χ0n) is 95.4. The van der Waals surface area contributed by atoms with E-state index in [2.05, 4.69) is 342 Å². The lowest BCUT2D eigenvalue weighted by Gasteiger charge is -2.43. The number of rotatable bonds is 20. The van der Waals surface area contributed by atoms with E-state index >= 15 is 0 Å². The highest BCUT2D eigenvalue weighted by Crippen LogP contribution is 2.28. The van der Waals surface area contributed by atoms with E-state index in [0.717, 1.165) is 195 Å². The Hall–Kier alpha value is -6.37. The Bertz CT molecular complexity index is 4220. The highest BCUT2D eigenvalue weighted by Gasteiger charge is 2.35. The lowest BCUT2D eigenvalue weighted by Crippen LogP contribution is -2.54. The SMILES string of the molecule is CC(C)(C)N1CCN(CC(N)=O)CC1.CC(C)(C)N1CCN(CCOCCO)CC1.CC(C)(C)N1CCN(CCc2ccncc2)CC1.CC(C)(C)N1CCN(CCn2ccnc2)CC1.CC(C)(C)N1CCN(Cc2cccnc2)CC1.CC(C)(C)N1CCN(c2ccc(F)cc2)CC1.CC(C)(C)N1CCN(c2ccccn2)CC1.CC(C)(C)N1CCN(c2nccs2)CC1.CCCN1CCN(C(C)(C)C)CC1. The highest BCUT2D eigenvalue weighted by molar-refractivity contribution is 7.13. The molecule has 5 aromatic heterocycles. The maximum absolute atomic E-state index is 12.8. The number of nitrogens with zero attached hydrogens (tertiary/aromatic N) is 24. The van der Waals surface area contributed by atoms with E-state index in [4.69, 9.17) is 15.6 Å². The third-order valence-corrected chi connectivity index (χ3v) is 29.8. The van der Waals surface area contributed by atoms with Crippen molar-refractivity contribution in [1.29, 1.82) is 0 Å². The summed E-state index contributed by atoms with van der Waals surface area (Å²) in [5.74, 6) is 0.715. The number of imidazole rings is 1. The molecule has 0 radical (unpaired) electrons. The topological polar surface area (TPSA) is 200 Å². The zero-order valence-corrected chi connectivity index (χ0v) is 96.2. The molecule has 3 N–H and O–H groups in total. The van der Waals surface area contributed by atoms with Crippen LogP contribution in [0.1, 0.15) is 211 Å². The van der Waals surface area contributed by atoms with Gasteiger partial charge in [0.2, 0.25) is 5.91 Å². The van der Waals surface area contributed by atoms with Gasteiger partial charge in [-0.3, -0.25) is 78.5 Å². The van der Waals surface area contributed by atoms with E-state index < -0.39 is 0 Å². The van der Waals surface area contributed by atoms with Crippen molar-refractivity contribution in [3.05, 3.63) is 145 Å². The number of carbonyl (C=O) groups excluding carboxylic acids is 1. The van der Waals surface area contributed by atoms with Gasteiger partial charge in [0.1, 0.15) is 11.6 Å². The van der Waals surface area contributed by atoms with Crippen LogP contribution < -0.4 is 20.4 Å². The monoisotopic (exact) mass is 2010 g/mol. The molecule has 9 aliphatic rings. The normalized spacial score (nSPS) is 19.7. The number of hydrogen-bond acceptors (Lipinski definition) is 27. The summed E-state index contributed by atoms with van der Waals surface area (Å²) in [7, 11) is 0. The van der Waals surface area contributed by atoms with Crippen molar-refractivity contribution in [2.24, 2.45) is 5.73 Å². The van der Waals surface area contributed by atoms with Gasteiger partial charge < -0.3 is 44.6 Å². The molecule has 15 rings (SSSR count). The van der Waals surface area contributed by atoms with E-state index in [1.165, 1.54) is 140 Å². The Morgan fingerprint density at radius 2 is 0.741 bits per heavy atom. The third kappa shape index (κ3) is 48.0. The maximum atomic E-state index is 12.8. The average molecular weight is 2010 g/mol. The molecular formula is C113H204FN25O3S. The second kappa shape index (κ2) is 60.5. The Morgan fingerprint density at radius 1 is 0.357 bits per heavy atom. The van der Waals surface area contributed by atoms with E-state index in [9.17, 15) is 9.18 Å². The van der Waals surface area contributed by atoms with E-state index in [1.54, 1.807) is 11.3 Å². The standard InChI is InChI=1S/C15H25N3.C14H21FN2.C14H23N3.C13H24N4.C13H21N3.C12H26N2O2.C11H19N3S.C11H24N2.C10H21N3O/c1-15(2,3)18-12-10-17(11-13-18)9-6-14-4-7-16-8-5-14;1-14(2,3)17-10-8-16(9-11-17)13-6-4-12(15)5-7-13;1-14(2,3)17-9-7-16(8-10-17)12-13-5-4-6-15-11-13;1-13(2,3)17-10-8-15(9-11-17)6-7-16-5-4-14-12-16;1-13(2,3)16-10-8-15(9-11-16)12-6-4-5-7-14-12;1-12(2,3)14-6-4-13(5-7-14)8-10-16-11-9-15;1-11(2,3)14-7-5-13(6-8-14)10-12-4-9-15-10;1-5-6-12-7-9-13(10-8-12)11(2,3)4;1-10(2,3)13-6-4-12(5-7-13)8-9(11)14/h4-5,7-8H,6,9-13H2,1-3H3;4-7H,8-11H2,1-3H3;4-6,11H,7-10,12H2,1-3H3;4-5,12H,6-11H2,1-3H3;4-7H,8-11H2,1-3H3;15H,4-11H2,1-3H3;4,9H,5-8H2,1-3H3;5-10H2,1-4H3;4-8H2,1-3H3,(H2,11,14). The van der Waals surface area contributed by atoms with Gasteiger partial charge in [-0.2, -0.15) is 0 Å². The van der Waals surface area contributed by atoms with Gasteiger partial charge in [-0.25, -0.2) is 19.3 Å². The molecule has 0 saturated carbocycles. The van der Waals surface area contributed by atoms with Gasteiger partial charge in [-0.1, -0.05) is 19.1 Å². The summed E-state index contributed by atoms with van der Waals surface area (Å²) in [5, 5.41) is 11.8. The average Bonchev–Trinajstić information content (AvgIpc) is 1.35. The number of ether oxygens (including phenoxy) is 1. The van der Waals surface area contributed by atoms with Crippen molar-refractivity contribution >= 4 is 33.9 Å². The van der Waals surface area contributed by atoms with E-state index in [1.807, 2.05) is 85.5 Å². The number of carbonyl (C=O) groups is 1. The molecule has 0 atom stereocenters. The molecule has 1 aromatic carbocycles. The maximum Gasteiger partial charge on any atom is 0.231 e. The number of benzene rings is 1. The van der Waals surface area contributed by atoms with Gasteiger partial charge in [0.15, 0.2) is 5.13 Å². The van der Waals surface area contributed by atoms with Gasteiger partial charge in [0, 0.05) is 379 Å². The van der Waals surface area contributed by atoms with Crippen LogP contribution in [0.3, 0.4) is 0 Å². The fourth-order valence-corrected chi connectivity index (χ4v) is 20.0. The van der Waals surface area contributed by atoms with Crippen molar-refractivity contribution < 1.29 is 19.0 Å². The Labute approximate surface area is 874 Å². The molecule has 0 bridgehead atoms. The van der Waals surface area contributed by atoms with Crippen molar-refractivity contribution in [3.8, 4) is 0 Å². The summed E-state index contributed by atoms with van der Waals surface area (Å²) >= 11 is 1.73. The van der Waals surface area contributed by atoms with E-state index in [-0.39, 0.29) is 34.9 Å². The van der Waals surface area contributed by atoms with Crippen molar-refractivity contribution in [3.63, 3.8) is 0 Å². The highest BCUT2D eigenvalue weighted by atomic mass is 32.1. The van der Waals surface area contributed by atoms with Crippen LogP contribution in [0.4, 0.5) is 21.0 Å². The molecule has 9 aliphatic heterocycles. The van der Waals surface area contributed by atoms with Crippen LogP contribution in [0.25, 0.3) is 0 Å². The van der Waals surface area contributed by atoms with Crippen LogP contribution in [0.2, 0.25) is 0 Å². The molecule has 9 fully saturated rings. The van der Waals surface area contributed by atoms with E-state index in [0.29, 0.717) is 46.4 Å². The number of halogens is 1. The van der Waals surface area contributed by atoms with Crippen molar-refractivity contribution in [2.45, 2.75) is 270 Å². The number of pyridine rings is 3. The number of nitrogens with two attached hydrogens (primary N) is 1. The number of aliphatic hydroxyl groups excluding tert-OH is 1. The van der Waals surface area contributed by atoms with Crippen LogP contribution in [0.5, 0.6) is 0 Å². The summed E-state index contributed by atoms with van der Waals surface area (Å²) in [5.41, 5.74) is 11.6. The molecule has 812 valence electrons. The largest absolute Gasteiger partial charge is 0.394 e. The Balaban J connectivity index is 0.000000219. The van der Waals surface area contributed by atoms with Crippen LogP contribution in [-0.2, 0) is 29.0 Å². The van der Waals surface area contributed by atoms with Crippen molar-refractivity contribution in [2.75, 3.05) is 303 Å². The summed E-state index contributed by atoms with van der Waals surface area (Å²) < 4.78 is 20.3. The second-order valence-electron chi connectivity index (χ2n) is 48.8. The minimum Gasteiger partial charge on any atom is -0.394 e. The minimum atomic E-state index is -0.228. The third-order valence-electron chi connectivity index (χ3n) is 29.0. The number of aromatic nitrogens is 6. The molecular weight excluding hydrogens is 1810 g/mol. The number of aliphatic hydroxyl groups is 1. The summed E-state index contributed by atoms with van der Waals surface area (Å²) in [6.07, 6.45) is 19.5. The quantitative estimate of drug-likeness (QED) is 0.0683. The van der Waals surface area contributed by atoms with Gasteiger partial charge in [0.25, 0.3) is 0 Å². The van der Waals surface area contributed by atoms with Crippen LogP contribution in [-0.4, -0.2) is 452 Å². The van der Waals surface area contributed by atoms with Gasteiger partial charge >= 0.3 is 0 Å². The number of amides is 1. The number of anilines is 3. The lowest BCUT2D eigenvalue weighted by molar-refractivity contribution is -0.119. The molecule has 1 amide bonds. The van der Waals surface area contributed by atoms with Gasteiger partial charge in [0.05, 0.1) is 32.7 Å². The lowest BCUT2D eigenvalue weighted by atomic mass is 10.0. The first-order chi connectivity index (χ1) is 67.2. The zero-order chi connectivity index (χ0) is 105. The number of hydrogen-bond donors (Lipinski definition) is 2. The predicted molar refractivity (Wildman–Crippen MR) is 601 cm³/mol. The first kappa shape index (κ1) is 124. The summed E-state index contributed by atoms with van der Waals surface area (Å²) in [4.78, 5) is 76.4. The smallest absolute Gasteiger partial charge is 0.231 e. The van der Waals surface area contributed by atoms with Gasteiger partial charge in [-0.05, 0) is 272 Å². The van der Waals surface area contributed by atoms with Crippen LogP contribution in [0, 0.1) is 5.82 Å². The van der Waals surface area contributed by atoms with Crippen molar-refractivity contribution in [1.82, 2.24) is 103 Å². The molecule has 0 unspecified atom stereocenters. The molecule has 6 aromatic rings. The molecule has 0 spiro atoms. The summed E-state index contributed by atoms with van der Waals surface area (Å²) in [6, 6.07) is 21.3. The summed E-state index contributed by atoms with van der Waals surface area (Å²) in [6.45, 7) is 113. The van der Waals surface area contributed by atoms with Crippen LogP contribution in [0.15, 0.2) is 128 Å². The number of thiazole rings is 1. The fourth-order valence-electron chi connectivity index (χ4n) is 19.3. The fraction of sp³-hybridized carbons (Fsp3) is 0.752. The Kier molecular flexibility index (Phi) is 52.2. The molecule has 14 heterocycles. The first-order valence-corrected chi connectivity index (χ1v) is 55.2. The molecule has 30 heteroatoms. The molecule has 0 aliphatic carbocycles. The second-order valence-corrected chi connectivity index (χ2v) is 49.7.